The van der Waals surface area contributed by atoms with Gasteiger partial charge in [-0.2, -0.15) is 0 Å². The van der Waals surface area contributed by atoms with Crippen molar-refractivity contribution < 1.29 is 14.3 Å². The zero-order valence-electron chi connectivity index (χ0n) is 13.9. The summed E-state index contributed by atoms with van der Waals surface area (Å²) in [5.74, 6) is 0.680. The number of piperidine rings is 1. The van der Waals surface area contributed by atoms with E-state index in [9.17, 15) is 4.79 Å². The van der Waals surface area contributed by atoms with Crippen molar-refractivity contribution in [2.75, 3.05) is 32.9 Å². The molecule has 24 heavy (non-hydrogen) atoms. The second kappa shape index (κ2) is 6.95. The number of carbonyl (C=O) groups excluding carboxylic acids is 1. The number of carbonyl (C=O) groups is 1. The fourth-order valence-corrected chi connectivity index (χ4v) is 3.57. The number of ether oxygens (including phenoxy) is 2. The van der Waals surface area contributed by atoms with Gasteiger partial charge in [0.1, 0.15) is 0 Å². The highest BCUT2D eigenvalue weighted by Crippen LogP contribution is 2.20. The van der Waals surface area contributed by atoms with Crippen LogP contribution in [-0.4, -0.2) is 54.2 Å². The summed E-state index contributed by atoms with van der Waals surface area (Å²) in [7, 11) is 0. The van der Waals surface area contributed by atoms with Gasteiger partial charge in [-0.15, -0.1) is 0 Å². The highest BCUT2D eigenvalue weighted by molar-refractivity contribution is 5.95. The van der Waals surface area contributed by atoms with E-state index in [1.54, 1.807) is 0 Å². The molecule has 4 heterocycles. The highest BCUT2D eigenvalue weighted by Gasteiger charge is 2.26. The Morgan fingerprint density at radius 1 is 1.25 bits per heavy atom. The predicted molar refractivity (Wildman–Crippen MR) is 91.2 cm³/mol. The second-order valence-electron chi connectivity index (χ2n) is 6.82. The van der Waals surface area contributed by atoms with Crippen LogP contribution in [0.15, 0.2) is 36.7 Å². The molecule has 2 fully saturated rings. The van der Waals surface area contributed by atoms with Crippen LogP contribution in [0.1, 0.15) is 29.6 Å². The van der Waals surface area contributed by atoms with Gasteiger partial charge in [-0.3, -0.25) is 4.79 Å². The summed E-state index contributed by atoms with van der Waals surface area (Å²) < 4.78 is 13.4. The maximum absolute atomic E-state index is 12.7. The Labute approximate surface area is 142 Å². The average Bonchev–Trinajstić information content (AvgIpc) is 3.29. The molecule has 2 aromatic heterocycles. The minimum Gasteiger partial charge on any atom is -0.381 e. The fourth-order valence-electron chi connectivity index (χ4n) is 3.57. The van der Waals surface area contributed by atoms with E-state index in [0.29, 0.717) is 5.92 Å². The van der Waals surface area contributed by atoms with Crippen LogP contribution in [0.2, 0.25) is 0 Å². The van der Waals surface area contributed by atoms with E-state index in [-0.39, 0.29) is 12.0 Å². The first-order chi connectivity index (χ1) is 11.8. The van der Waals surface area contributed by atoms with Crippen molar-refractivity contribution in [1.29, 1.82) is 0 Å². The largest absolute Gasteiger partial charge is 0.381 e. The molecule has 2 aromatic rings. The number of fused-ring (bicyclic) bond motifs is 1. The van der Waals surface area contributed by atoms with Crippen LogP contribution in [0.4, 0.5) is 0 Å². The topological polar surface area (TPSA) is 43.2 Å². The van der Waals surface area contributed by atoms with Gasteiger partial charge in [-0.1, -0.05) is 6.07 Å². The summed E-state index contributed by atoms with van der Waals surface area (Å²) in [6, 6.07) is 7.94. The molecule has 5 nitrogen and oxygen atoms in total. The number of hydrogen-bond donors (Lipinski definition) is 0. The van der Waals surface area contributed by atoms with Crippen LogP contribution in [0.5, 0.6) is 0 Å². The second-order valence-corrected chi connectivity index (χ2v) is 6.82. The minimum atomic E-state index is 0.126. The average molecular weight is 328 g/mol. The summed E-state index contributed by atoms with van der Waals surface area (Å²) >= 11 is 0. The Kier molecular flexibility index (Phi) is 4.54. The van der Waals surface area contributed by atoms with Gasteiger partial charge in [0.25, 0.3) is 5.91 Å². The Bertz CT molecular complexity index is 664. The van der Waals surface area contributed by atoms with Crippen LogP contribution < -0.4 is 0 Å². The van der Waals surface area contributed by atoms with Crippen molar-refractivity contribution in [2.45, 2.75) is 25.4 Å². The fraction of sp³-hybridized carbons (Fsp3) is 0.526. The number of nitrogens with zero attached hydrogens (tertiary/aromatic N) is 2. The smallest absolute Gasteiger partial charge is 0.255 e. The van der Waals surface area contributed by atoms with E-state index < -0.39 is 0 Å². The number of aromatic nitrogens is 1. The Balaban J connectivity index is 1.30. The van der Waals surface area contributed by atoms with E-state index in [2.05, 4.69) is 0 Å². The maximum atomic E-state index is 12.7. The molecule has 0 saturated carbocycles. The van der Waals surface area contributed by atoms with Gasteiger partial charge in [0, 0.05) is 43.5 Å². The van der Waals surface area contributed by atoms with Crippen molar-refractivity contribution in [3.63, 3.8) is 0 Å². The third kappa shape index (κ3) is 3.32. The molecule has 0 unspecified atom stereocenters. The first-order valence-electron chi connectivity index (χ1n) is 8.85. The van der Waals surface area contributed by atoms with Gasteiger partial charge in [0.2, 0.25) is 0 Å². The van der Waals surface area contributed by atoms with Crippen molar-refractivity contribution >= 4 is 11.4 Å². The number of pyridine rings is 1. The maximum Gasteiger partial charge on any atom is 0.255 e. The van der Waals surface area contributed by atoms with Gasteiger partial charge in [-0.05, 0) is 37.5 Å². The van der Waals surface area contributed by atoms with Crippen molar-refractivity contribution in [1.82, 2.24) is 9.30 Å². The van der Waals surface area contributed by atoms with E-state index >= 15 is 0 Å². The summed E-state index contributed by atoms with van der Waals surface area (Å²) in [5, 5.41) is 0. The molecule has 5 heteroatoms. The van der Waals surface area contributed by atoms with Crippen LogP contribution in [-0.2, 0) is 9.47 Å². The first-order valence-corrected chi connectivity index (χ1v) is 8.85. The molecule has 0 aliphatic carbocycles. The van der Waals surface area contributed by atoms with Gasteiger partial charge in [0.05, 0.1) is 24.9 Å². The van der Waals surface area contributed by atoms with Gasteiger partial charge >= 0.3 is 0 Å². The molecule has 2 saturated heterocycles. The molecule has 1 amide bonds. The molecule has 4 rings (SSSR count). The lowest BCUT2D eigenvalue weighted by Crippen LogP contribution is -2.41. The van der Waals surface area contributed by atoms with E-state index in [4.69, 9.17) is 9.47 Å². The lowest BCUT2D eigenvalue weighted by atomic mass is 10.1. The lowest BCUT2D eigenvalue weighted by molar-refractivity contribution is -0.00793. The highest BCUT2D eigenvalue weighted by atomic mass is 16.5. The standard InChI is InChI=1S/C19H24N2O3/c22-19(16-11-17-3-1-2-7-21(17)12-16)20-8-4-18(5-9-20)24-14-15-6-10-23-13-15/h1-3,7,11-12,15,18H,4-6,8-10,13-14H2/t15-/m0/s1. The normalized spacial score (nSPS) is 22.3. The first kappa shape index (κ1) is 15.7. The number of hydrogen-bond acceptors (Lipinski definition) is 3. The van der Waals surface area contributed by atoms with Crippen LogP contribution in [0.25, 0.3) is 5.52 Å². The van der Waals surface area contributed by atoms with Crippen molar-refractivity contribution in [3.8, 4) is 0 Å². The van der Waals surface area contributed by atoms with Gasteiger partial charge in [-0.25, -0.2) is 0 Å². The van der Waals surface area contributed by atoms with E-state index in [0.717, 1.165) is 63.3 Å². The third-order valence-electron chi connectivity index (χ3n) is 5.07. The Hall–Kier alpha value is -1.85. The zero-order valence-corrected chi connectivity index (χ0v) is 13.9. The molecule has 0 bridgehead atoms. The SMILES string of the molecule is O=C(c1cc2ccccn2c1)N1CCC(OC[C@H]2CCOC2)CC1. The van der Waals surface area contributed by atoms with Crippen molar-refractivity contribution in [2.24, 2.45) is 5.92 Å². The molecule has 2 aliphatic rings. The van der Waals surface area contributed by atoms with Crippen molar-refractivity contribution in [3.05, 3.63) is 42.2 Å². The Morgan fingerprint density at radius 3 is 2.88 bits per heavy atom. The summed E-state index contributed by atoms with van der Waals surface area (Å²) in [6.45, 7) is 4.05. The molecule has 128 valence electrons. The molecule has 0 aromatic carbocycles. The minimum absolute atomic E-state index is 0.126. The molecule has 0 spiro atoms. The monoisotopic (exact) mass is 328 g/mol. The van der Waals surface area contributed by atoms with Crippen LogP contribution in [0, 0.1) is 5.92 Å². The van der Waals surface area contributed by atoms with Gasteiger partial charge < -0.3 is 18.8 Å². The van der Waals surface area contributed by atoms with Gasteiger partial charge in [0.15, 0.2) is 0 Å². The van der Waals surface area contributed by atoms with Crippen LogP contribution in [0.3, 0.4) is 0 Å². The van der Waals surface area contributed by atoms with Crippen LogP contribution >= 0.6 is 0 Å². The molecule has 2 aliphatic heterocycles. The molecule has 0 N–H and O–H groups in total. The summed E-state index contributed by atoms with van der Waals surface area (Å²) in [4.78, 5) is 14.6. The summed E-state index contributed by atoms with van der Waals surface area (Å²) in [5.41, 5.74) is 1.82. The molecular formula is C19H24N2O3. The number of likely N-dealkylation sites (tertiary alicyclic amines) is 1. The summed E-state index contributed by atoms with van der Waals surface area (Å²) in [6.07, 6.45) is 7.13. The lowest BCUT2D eigenvalue weighted by Gasteiger charge is -2.32. The molecular weight excluding hydrogens is 304 g/mol. The zero-order chi connectivity index (χ0) is 16.4. The van der Waals surface area contributed by atoms with E-state index in [1.165, 1.54) is 0 Å². The quantitative estimate of drug-likeness (QED) is 0.866. The number of rotatable bonds is 4. The van der Waals surface area contributed by atoms with E-state index in [1.807, 2.05) is 46.0 Å². The predicted octanol–water partition coefficient (Wildman–Crippen LogP) is 2.60. The number of amides is 1. The third-order valence-corrected chi connectivity index (χ3v) is 5.07. The molecule has 0 radical (unpaired) electrons. The Morgan fingerprint density at radius 2 is 2.12 bits per heavy atom. The molecule has 1 atom stereocenters.